The number of nitrogens with zero attached hydrogens (tertiary/aromatic N) is 1. The second-order valence-corrected chi connectivity index (χ2v) is 11.2. The lowest BCUT2D eigenvalue weighted by atomic mass is 10.0. The van der Waals surface area contributed by atoms with Gasteiger partial charge in [0.1, 0.15) is 17.7 Å². The van der Waals surface area contributed by atoms with Crippen LogP contribution in [0.5, 0.6) is 0 Å². The molecule has 0 radical (unpaired) electrons. The summed E-state index contributed by atoms with van der Waals surface area (Å²) in [5, 5.41) is 5.76. The maximum absolute atomic E-state index is 14.0. The quantitative estimate of drug-likeness (QED) is 0.267. The standard InChI is InChI=1S/C32H47N3O4/c1-8-9-10-11-12-16-22-35(30(37)25(4)33-31(38)39-32(5,6)7)28(26-20-14-13-15-21-26)29(36)34-27-23(2)18-17-19-24(27)3/h13-15,17-21,25,28H,8-12,16,22H2,1-7H3,(H,33,38)(H,34,36). The number of benzene rings is 2. The summed E-state index contributed by atoms with van der Waals surface area (Å²) in [6, 6.07) is 13.5. The molecule has 7 nitrogen and oxygen atoms in total. The Morgan fingerprint density at radius 1 is 0.872 bits per heavy atom. The van der Waals surface area contributed by atoms with E-state index in [1.54, 1.807) is 32.6 Å². The third-order valence-electron chi connectivity index (χ3n) is 6.54. The average Bonchev–Trinajstić information content (AvgIpc) is 2.86. The number of aryl methyl sites for hydroxylation is 2. The Balaban J connectivity index is 2.39. The van der Waals surface area contributed by atoms with E-state index in [2.05, 4.69) is 17.6 Å². The first-order valence-corrected chi connectivity index (χ1v) is 14.2. The molecule has 7 heteroatoms. The molecule has 2 atom stereocenters. The number of hydrogen-bond acceptors (Lipinski definition) is 4. The SMILES string of the molecule is CCCCCCCCN(C(=O)C(C)NC(=O)OC(C)(C)C)C(C(=O)Nc1c(C)cccc1C)c1ccccc1. The Kier molecular flexibility index (Phi) is 12.5. The number of amides is 3. The van der Waals surface area contributed by atoms with Gasteiger partial charge in [-0.05, 0) is 64.7 Å². The number of carbonyl (C=O) groups excluding carboxylic acids is 3. The largest absolute Gasteiger partial charge is 0.444 e. The predicted molar refractivity (Wildman–Crippen MR) is 158 cm³/mol. The Morgan fingerprint density at radius 3 is 2.05 bits per heavy atom. The van der Waals surface area contributed by atoms with Crippen molar-refractivity contribution in [3.05, 3.63) is 65.2 Å². The third kappa shape index (κ3) is 10.4. The number of rotatable bonds is 13. The highest BCUT2D eigenvalue weighted by Gasteiger charge is 2.34. The fourth-order valence-corrected chi connectivity index (χ4v) is 4.54. The van der Waals surface area contributed by atoms with Crippen molar-refractivity contribution in [3.8, 4) is 0 Å². The summed E-state index contributed by atoms with van der Waals surface area (Å²) in [5.74, 6) is -0.623. The van der Waals surface area contributed by atoms with E-state index in [4.69, 9.17) is 4.74 Å². The van der Waals surface area contributed by atoms with Gasteiger partial charge >= 0.3 is 6.09 Å². The molecule has 0 aliphatic heterocycles. The first kappa shape index (κ1) is 31.9. The fraction of sp³-hybridized carbons (Fsp3) is 0.531. The lowest BCUT2D eigenvalue weighted by Crippen LogP contribution is -2.51. The van der Waals surface area contributed by atoms with Gasteiger partial charge in [0.25, 0.3) is 5.91 Å². The van der Waals surface area contributed by atoms with Crippen molar-refractivity contribution in [2.45, 2.75) is 105 Å². The van der Waals surface area contributed by atoms with Crippen LogP contribution in [-0.4, -0.2) is 41.0 Å². The van der Waals surface area contributed by atoms with Crippen LogP contribution in [0.25, 0.3) is 0 Å². The molecule has 0 aliphatic rings. The number of hydrogen-bond donors (Lipinski definition) is 2. The number of carbonyl (C=O) groups is 3. The van der Waals surface area contributed by atoms with E-state index in [1.165, 1.54) is 6.42 Å². The Hall–Kier alpha value is -3.35. The Labute approximate surface area is 234 Å². The molecule has 214 valence electrons. The van der Waals surface area contributed by atoms with Crippen molar-refractivity contribution in [2.75, 3.05) is 11.9 Å². The number of alkyl carbamates (subject to hydrolysis) is 1. The molecule has 2 rings (SSSR count). The maximum atomic E-state index is 14.0. The van der Waals surface area contributed by atoms with Gasteiger partial charge in [-0.15, -0.1) is 0 Å². The molecule has 2 N–H and O–H groups in total. The smallest absolute Gasteiger partial charge is 0.408 e. The van der Waals surface area contributed by atoms with Crippen LogP contribution in [0.4, 0.5) is 10.5 Å². The number of para-hydroxylation sites is 1. The molecule has 0 bridgehead atoms. The minimum atomic E-state index is -0.876. The predicted octanol–water partition coefficient (Wildman–Crippen LogP) is 7.09. The van der Waals surface area contributed by atoms with Gasteiger partial charge in [-0.3, -0.25) is 9.59 Å². The van der Waals surface area contributed by atoms with E-state index >= 15 is 0 Å². The van der Waals surface area contributed by atoms with Gasteiger partial charge in [-0.25, -0.2) is 4.79 Å². The number of anilines is 1. The molecule has 0 heterocycles. The first-order chi connectivity index (χ1) is 18.4. The van der Waals surface area contributed by atoms with Gasteiger partial charge in [-0.2, -0.15) is 0 Å². The van der Waals surface area contributed by atoms with Gasteiger partial charge in [0.05, 0.1) is 0 Å². The van der Waals surface area contributed by atoms with Crippen LogP contribution in [-0.2, 0) is 14.3 Å². The molecule has 2 aromatic rings. The van der Waals surface area contributed by atoms with Crippen molar-refractivity contribution in [1.82, 2.24) is 10.2 Å². The van der Waals surface area contributed by atoms with Crippen molar-refractivity contribution in [2.24, 2.45) is 0 Å². The molecular weight excluding hydrogens is 490 g/mol. The van der Waals surface area contributed by atoms with Crippen molar-refractivity contribution in [3.63, 3.8) is 0 Å². The molecule has 0 saturated heterocycles. The summed E-state index contributed by atoms with van der Waals surface area (Å²) in [5.41, 5.74) is 2.66. The Bertz CT molecular complexity index is 1060. The molecule has 0 aliphatic carbocycles. The lowest BCUT2D eigenvalue weighted by Gasteiger charge is -2.34. The molecular formula is C32H47N3O4. The van der Waals surface area contributed by atoms with Gasteiger partial charge in [0, 0.05) is 12.2 Å². The third-order valence-corrected chi connectivity index (χ3v) is 6.54. The molecule has 39 heavy (non-hydrogen) atoms. The van der Waals surface area contributed by atoms with Crippen LogP contribution in [0.3, 0.4) is 0 Å². The fourth-order valence-electron chi connectivity index (χ4n) is 4.54. The second-order valence-electron chi connectivity index (χ2n) is 11.2. The van der Waals surface area contributed by atoms with E-state index in [-0.39, 0.29) is 11.8 Å². The molecule has 3 amide bonds. The summed E-state index contributed by atoms with van der Waals surface area (Å²) < 4.78 is 5.37. The number of unbranched alkanes of at least 4 members (excludes halogenated alkanes) is 5. The van der Waals surface area contributed by atoms with Crippen molar-refractivity contribution >= 4 is 23.6 Å². The topological polar surface area (TPSA) is 87.7 Å². The first-order valence-electron chi connectivity index (χ1n) is 14.2. The maximum Gasteiger partial charge on any atom is 0.408 e. The molecule has 2 aromatic carbocycles. The highest BCUT2D eigenvalue weighted by molar-refractivity contribution is 5.99. The number of ether oxygens (including phenoxy) is 1. The molecule has 2 unspecified atom stereocenters. The second kappa shape index (κ2) is 15.3. The van der Waals surface area contributed by atoms with Crippen LogP contribution in [0.1, 0.15) is 95.9 Å². The van der Waals surface area contributed by atoms with E-state index in [1.807, 2.05) is 62.4 Å². The molecule has 0 spiro atoms. The van der Waals surface area contributed by atoms with Crippen LogP contribution < -0.4 is 10.6 Å². The normalized spacial score (nSPS) is 12.8. The Morgan fingerprint density at radius 2 is 1.46 bits per heavy atom. The zero-order valence-corrected chi connectivity index (χ0v) is 24.8. The zero-order chi connectivity index (χ0) is 29.0. The minimum Gasteiger partial charge on any atom is -0.444 e. The number of nitrogens with one attached hydrogen (secondary N) is 2. The molecule has 0 fully saturated rings. The summed E-state index contributed by atoms with van der Waals surface area (Å²) in [4.78, 5) is 41.9. The average molecular weight is 538 g/mol. The van der Waals surface area contributed by atoms with E-state index in [9.17, 15) is 14.4 Å². The molecule has 0 saturated carbocycles. The van der Waals surface area contributed by atoms with Gasteiger partial charge in [-0.1, -0.05) is 87.6 Å². The van der Waals surface area contributed by atoms with Crippen molar-refractivity contribution in [1.29, 1.82) is 0 Å². The molecule has 0 aromatic heterocycles. The lowest BCUT2D eigenvalue weighted by molar-refractivity contribution is -0.140. The zero-order valence-electron chi connectivity index (χ0n) is 24.8. The summed E-state index contributed by atoms with van der Waals surface area (Å²) in [6.07, 6.45) is 5.62. The summed E-state index contributed by atoms with van der Waals surface area (Å²) in [7, 11) is 0. The van der Waals surface area contributed by atoms with Gasteiger partial charge < -0.3 is 20.3 Å². The van der Waals surface area contributed by atoms with Crippen LogP contribution in [0.2, 0.25) is 0 Å². The summed E-state index contributed by atoms with van der Waals surface area (Å²) in [6.45, 7) is 13.4. The highest BCUT2D eigenvalue weighted by Crippen LogP contribution is 2.27. The van der Waals surface area contributed by atoms with E-state index < -0.39 is 23.8 Å². The minimum absolute atomic E-state index is 0.289. The van der Waals surface area contributed by atoms with Crippen LogP contribution >= 0.6 is 0 Å². The highest BCUT2D eigenvalue weighted by atomic mass is 16.6. The van der Waals surface area contributed by atoms with Gasteiger partial charge in [0.2, 0.25) is 5.91 Å². The monoisotopic (exact) mass is 537 g/mol. The van der Waals surface area contributed by atoms with Crippen molar-refractivity contribution < 1.29 is 19.1 Å². The van der Waals surface area contributed by atoms with E-state index in [0.29, 0.717) is 12.1 Å². The van der Waals surface area contributed by atoms with E-state index in [0.717, 1.165) is 48.9 Å². The van der Waals surface area contributed by atoms with Gasteiger partial charge in [0.15, 0.2) is 0 Å². The van der Waals surface area contributed by atoms with Crippen LogP contribution in [0.15, 0.2) is 48.5 Å². The summed E-state index contributed by atoms with van der Waals surface area (Å²) >= 11 is 0. The van der Waals surface area contributed by atoms with Crippen LogP contribution in [0, 0.1) is 13.8 Å².